The van der Waals surface area contributed by atoms with Gasteiger partial charge in [-0.2, -0.15) is 0 Å². The maximum absolute atomic E-state index is 15.0. The molecule has 0 aromatic heterocycles. The molecule has 0 atom stereocenters. The SMILES string of the molecule is CCCCCCCOc1ccc(OC(=O)c2ccc(-c3ccc(C4CCC(C)CC4)c(F)c3F)cc2)c(F)c1. The van der Waals surface area contributed by atoms with Gasteiger partial charge in [-0.1, -0.05) is 76.6 Å². The summed E-state index contributed by atoms with van der Waals surface area (Å²) in [5.41, 5.74) is 1.18. The zero-order chi connectivity index (χ0) is 27.8. The monoisotopic (exact) mass is 538 g/mol. The molecule has 0 bridgehead atoms. The van der Waals surface area contributed by atoms with Crippen LogP contribution >= 0.6 is 0 Å². The summed E-state index contributed by atoms with van der Waals surface area (Å²) in [7, 11) is 0. The fourth-order valence-electron chi connectivity index (χ4n) is 5.17. The number of carbonyl (C=O) groups excluding carboxylic acids is 1. The van der Waals surface area contributed by atoms with Crippen molar-refractivity contribution >= 4 is 5.97 Å². The Morgan fingerprint density at radius 2 is 1.56 bits per heavy atom. The van der Waals surface area contributed by atoms with Crippen LogP contribution < -0.4 is 9.47 Å². The summed E-state index contributed by atoms with van der Waals surface area (Å²) >= 11 is 0. The van der Waals surface area contributed by atoms with E-state index in [9.17, 15) is 13.6 Å². The van der Waals surface area contributed by atoms with Crippen molar-refractivity contribution in [2.24, 2.45) is 5.92 Å². The maximum atomic E-state index is 15.0. The Morgan fingerprint density at radius 1 is 0.846 bits per heavy atom. The van der Waals surface area contributed by atoms with Gasteiger partial charge in [0, 0.05) is 11.6 Å². The molecule has 6 heteroatoms. The number of esters is 1. The molecule has 0 aliphatic heterocycles. The number of unbranched alkanes of at least 4 members (excludes halogenated alkanes) is 4. The molecule has 3 aromatic carbocycles. The lowest BCUT2D eigenvalue weighted by atomic mass is 9.79. The van der Waals surface area contributed by atoms with Crippen LogP contribution in [-0.4, -0.2) is 12.6 Å². The van der Waals surface area contributed by atoms with Crippen LogP contribution in [0.1, 0.15) is 93.5 Å². The quantitative estimate of drug-likeness (QED) is 0.138. The summed E-state index contributed by atoms with van der Waals surface area (Å²) < 4.78 is 55.4. The molecular formula is C33H37F3O3. The van der Waals surface area contributed by atoms with E-state index in [1.54, 1.807) is 18.2 Å². The van der Waals surface area contributed by atoms with Gasteiger partial charge in [-0.25, -0.2) is 18.0 Å². The lowest BCUT2D eigenvalue weighted by Gasteiger charge is -2.27. The fourth-order valence-corrected chi connectivity index (χ4v) is 5.17. The van der Waals surface area contributed by atoms with Gasteiger partial charge in [0.05, 0.1) is 12.2 Å². The first-order valence-electron chi connectivity index (χ1n) is 14.1. The molecule has 0 spiro atoms. The van der Waals surface area contributed by atoms with Crippen molar-refractivity contribution in [3.8, 4) is 22.6 Å². The Labute approximate surface area is 229 Å². The van der Waals surface area contributed by atoms with Gasteiger partial charge < -0.3 is 9.47 Å². The molecule has 39 heavy (non-hydrogen) atoms. The molecule has 0 radical (unpaired) electrons. The first kappa shape index (κ1) is 28.7. The van der Waals surface area contributed by atoms with E-state index in [-0.39, 0.29) is 22.8 Å². The summed E-state index contributed by atoms with van der Waals surface area (Å²) in [4.78, 5) is 12.6. The second-order valence-corrected chi connectivity index (χ2v) is 10.6. The number of hydrogen-bond donors (Lipinski definition) is 0. The standard InChI is InChI=1S/C33H37F3O3/c1-3-4-5-6-7-20-38-26-16-19-30(29(34)21-26)39-33(37)25-14-12-24(13-15-25)28-18-17-27(31(35)32(28)36)23-10-8-22(2)9-11-23/h12-19,21-23H,3-11,20H2,1-2H3. The summed E-state index contributed by atoms with van der Waals surface area (Å²) in [6, 6.07) is 13.4. The van der Waals surface area contributed by atoms with Gasteiger partial charge in [0.2, 0.25) is 0 Å². The number of carbonyl (C=O) groups is 1. The van der Waals surface area contributed by atoms with Crippen LogP contribution in [-0.2, 0) is 0 Å². The van der Waals surface area contributed by atoms with E-state index in [0.29, 0.717) is 29.4 Å². The van der Waals surface area contributed by atoms with E-state index in [4.69, 9.17) is 9.47 Å². The van der Waals surface area contributed by atoms with Gasteiger partial charge in [-0.3, -0.25) is 0 Å². The van der Waals surface area contributed by atoms with E-state index in [1.807, 2.05) is 0 Å². The summed E-state index contributed by atoms with van der Waals surface area (Å²) in [6.07, 6.45) is 9.25. The summed E-state index contributed by atoms with van der Waals surface area (Å²) in [5.74, 6) is -2.30. The van der Waals surface area contributed by atoms with Crippen LogP contribution in [0, 0.1) is 23.4 Å². The van der Waals surface area contributed by atoms with Gasteiger partial charge in [0.1, 0.15) is 5.75 Å². The zero-order valence-electron chi connectivity index (χ0n) is 22.8. The highest BCUT2D eigenvalue weighted by atomic mass is 19.2. The minimum Gasteiger partial charge on any atom is -0.493 e. The Balaban J connectivity index is 1.37. The third-order valence-corrected chi connectivity index (χ3v) is 7.62. The molecular weight excluding hydrogens is 501 g/mol. The molecule has 0 amide bonds. The van der Waals surface area contributed by atoms with Crippen LogP contribution in [0.4, 0.5) is 13.2 Å². The molecule has 1 aliphatic carbocycles. The summed E-state index contributed by atoms with van der Waals surface area (Å²) in [5, 5.41) is 0. The number of benzene rings is 3. The van der Waals surface area contributed by atoms with E-state index >= 15 is 4.39 Å². The van der Waals surface area contributed by atoms with Crippen molar-refractivity contribution in [3.63, 3.8) is 0 Å². The molecule has 3 nitrogen and oxygen atoms in total. The van der Waals surface area contributed by atoms with Crippen molar-refractivity contribution in [2.75, 3.05) is 6.61 Å². The minimum absolute atomic E-state index is 0.0402. The third kappa shape index (κ3) is 7.43. The maximum Gasteiger partial charge on any atom is 0.343 e. The molecule has 1 saturated carbocycles. The molecule has 0 unspecified atom stereocenters. The van der Waals surface area contributed by atoms with Crippen molar-refractivity contribution < 1.29 is 27.4 Å². The van der Waals surface area contributed by atoms with Crippen LogP contribution in [0.15, 0.2) is 54.6 Å². The van der Waals surface area contributed by atoms with Crippen LogP contribution in [0.25, 0.3) is 11.1 Å². The Kier molecular flexibility index (Phi) is 10.1. The lowest BCUT2D eigenvalue weighted by Crippen LogP contribution is -2.13. The number of halogens is 3. The molecule has 0 saturated heterocycles. The minimum atomic E-state index is -0.883. The lowest BCUT2D eigenvalue weighted by molar-refractivity contribution is 0.0727. The van der Waals surface area contributed by atoms with E-state index in [0.717, 1.165) is 44.9 Å². The highest BCUT2D eigenvalue weighted by Crippen LogP contribution is 2.38. The van der Waals surface area contributed by atoms with Gasteiger partial charge in [-0.15, -0.1) is 0 Å². The van der Waals surface area contributed by atoms with Gasteiger partial charge in [0.25, 0.3) is 0 Å². The van der Waals surface area contributed by atoms with Crippen molar-refractivity contribution in [3.05, 3.63) is 83.2 Å². The first-order valence-corrected chi connectivity index (χ1v) is 14.1. The van der Waals surface area contributed by atoms with E-state index in [2.05, 4.69) is 13.8 Å². The molecule has 0 heterocycles. The van der Waals surface area contributed by atoms with E-state index < -0.39 is 23.4 Å². The topological polar surface area (TPSA) is 35.5 Å². The van der Waals surface area contributed by atoms with Crippen LogP contribution in [0.2, 0.25) is 0 Å². The highest BCUT2D eigenvalue weighted by Gasteiger charge is 2.25. The van der Waals surface area contributed by atoms with Crippen molar-refractivity contribution in [1.82, 2.24) is 0 Å². The normalized spacial score (nSPS) is 17.2. The second-order valence-electron chi connectivity index (χ2n) is 10.6. The average Bonchev–Trinajstić information content (AvgIpc) is 2.94. The second kappa shape index (κ2) is 13.7. The number of rotatable bonds is 11. The molecule has 3 aromatic rings. The fraction of sp³-hybridized carbons (Fsp3) is 0.424. The van der Waals surface area contributed by atoms with Crippen molar-refractivity contribution in [1.29, 1.82) is 0 Å². The van der Waals surface area contributed by atoms with Gasteiger partial charge in [0.15, 0.2) is 23.2 Å². The smallest absolute Gasteiger partial charge is 0.343 e. The van der Waals surface area contributed by atoms with Crippen LogP contribution in [0.5, 0.6) is 11.5 Å². The number of ether oxygens (including phenoxy) is 2. The predicted molar refractivity (Wildman–Crippen MR) is 148 cm³/mol. The Bertz CT molecular complexity index is 1250. The average molecular weight is 539 g/mol. The number of hydrogen-bond acceptors (Lipinski definition) is 3. The molecule has 4 rings (SSSR count). The molecule has 1 aliphatic rings. The van der Waals surface area contributed by atoms with Gasteiger partial charge >= 0.3 is 5.97 Å². The summed E-state index contributed by atoms with van der Waals surface area (Å²) in [6.45, 7) is 4.85. The zero-order valence-corrected chi connectivity index (χ0v) is 22.8. The predicted octanol–water partition coefficient (Wildman–Crippen LogP) is 9.63. The van der Waals surface area contributed by atoms with Crippen molar-refractivity contribution in [2.45, 2.75) is 77.6 Å². The molecule has 0 N–H and O–H groups in total. The first-order chi connectivity index (χ1) is 18.9. The Hall–Kier alpha value is -3.28. The van der Waals surface area contributed by atoms with Crippen LogP contribution in [0.3, 0.4) is 0 Å². The Morgan fingerprint density at radius 3 is 2.26 bits per heavy atom. The third-order valence-electron chi connectivity index (χ3n) is 7.62. The highest BCUT2D eigenvalue weighted by molar-refractivity contribution is 5.91. The molecule has 208 valence electrons. The van der Waals surface area contributed by atoms with Gasteiger partial charge in [-0.05, 0) is 66.5 Å². The van der Waals surface area contributed by atoms with E-state index in [1.165, 1.54) is 49.2 Å². The molecule has 1 fully saturated rings. The largest absolute Gasteiger partial charge is 0.493 e.